The maximum Gasteiger partial charge on any atom is 0.0769 e. The molecular weight excluding hydrogens is 214 g/mol. The third-order valence-electron chi connectivity index (χ3n) is 3.87. The summed E-state index contributed by atoms with van der Waals surface area (Å²) in [5, 5.41) is 7.94. The maximum absolute atomic E-state index is 5.73. The molecule has 1 unspecified atom stereocenters. The number of hydrazine groups is 1. The van der Waals surface area contributed by atoms with Crippen molar-refractivity contribution in [2.24, 2.45) is 18.8 Å². The molecule has 17 heavy (non-hydrogen) atoms. The number of rotatable bonds is 3. The minimum absolute atomic E-state index is 0.188. The van der Waals surface area contributed by atoms with E-state index in [-0.39, 0.29) is 6.04 Å². The molecule has 2 rings (SSSR count). The van der Waals surface area contributed by atoms with E-state index in [2.05, 4.69) is 15.7 Å². The van der Waals surface area contributed by atoms with Crippen molar-refractivity contribution in [3.63, 3.8) is 0 Å². The number of nitrogens with one attached hydrogen (secondary N) is 1. The van der Waals surface area contributed by atoms with Crippen LogP contribution < -0.4 is 11.3 Å². The summed E-state index contributed by atoms with van der Waals surface area (Å²) in [5.41, 5.74) is 4.06. The van der Waals surface area contributed by atoms with Gasteiger partial charge in [-0.2, -0.15) is 0 Å². The van der Waals surface area contributed by atoms with E-state index in [1.54, 1.807) is 0 Å². The molecule has 0 spiro atoms. The molecule has 5 nitrogen and oxygen atoms in total. The van der Waals surface area contributed by atoms with Crippen LogP contribution in [0.25, 0.3) is 0 Å². The second-order valence-electron chi connectivity index (χ2n) is 5.03. The van der Waals surface area contributed by atoms with Crippen molar-refractivity contribution in [3.05, 3.63) is 11.9 Å². The Morgan fingerprint density at radius 1 is 1.29 bits per heavy atom. The molecule has 3 N–H and O–H groups in total. The number of nitrogens with zero attached hydrogens (tertiary/aromatic N) is 3. The molecule has 1 aromatic heterocycles. The molecule has 5 heteroatoms. The van der Waals surface area contributed by atoms with Crippen molar-refractivity contribution in [2.45, 2.75) is 51.0 Å². The fourth-order valence-electron chi connectivity index (χ4n) is 2.86. The van der Waals surface area contributed by atoms with Gasteiger partial charge in [0.05, 0.1) is 17.9 Å². The molecule has 0 radical (unpaired) electrons. The first-order valence-corrected chi connectivity index (χ1v) is 6.63. The van der Waals surface area contributed by atoms with Gasteiger partial charge in [0.15, 0.2) is 0 Å². The number of aromatic nitrogens is 3. The molecule has 0 aromatic carbocycles. The zero-order chi connectivity index (χ0) is 12.1. The van der Waals surface area contributed by atoms with Crippen LogP contribution in [0.4, 0.5) is 0 Å². The molecule has 96 valence electrons. The quantitative estimate of drug-likeness (QED) is 0.620. The minimum Gasteiger partial charge on any atom is -0.271 e. The predicted molar refractivity (Wildman–Crippen MR) is 66.9 cm³/mol. The van der Waals surface area contributed by atoms with Gasteiger partial charge in [-0.1, -0.05) is 37.3 Å². The zero-order valence-electron chi connectivity index (χ0n) is 10.6. The second kappa shape index (κ2) is 6.12. The highest BCUT2D eigenvalue weighted by atomic mass is 15.4. The van der Waals surface area contributed by atoms with E-state index in [4.69, 9.17) is 5.84 Å². The smallest absolute Gasteiger partial charge is 0.0769 e. The lowest BCUT2D eigenvalue weighted by Gasteiger charge is -2.27. The molecule has 1 aliphatic rings. The van der Waals surface area contributed by atoms with E-state index < -0.39 is 0 Å². The highest BCUT2D eigenvalue weighted by Crippen LogP contribution is 2.31. The largest absolute Gasteiger partial charge is 0.271 e. The van der Waals surface area contributed by atoms with Crippen LogP contribution in [0.3, 0.4) is 0 Å². The Balaban J connectivity index is 2.08. The molecular formula is C12H23N5. The van der Waals surface area contributed by atoms with Crippen LogP contribution >= 0.6 is 0 Å². The Bertz CT molecular complexity index is 327. The third kappa shape index (κ3) is 3.04. The fourth-order valence-corrected chi connectivity index (χ4v) is 2.86. The van der Waals surface area contributed by atoms with Crippen molar-refractivity contribution in [1.29, 1.82) is 0 Å². The SMILES string of the molecule is Cn1nncc1C(NN)C1CCCCCCC1. The van der Waals surface area contributed by atoms with Crippen LogP contribution in [0.1, 0.15) is 56.7 Å². The number of aryl methyl sites for hydroxylation is 1. The maximum atomic E-state index is 5.73. The summed E-state index contributed by atoms with van der Waals surface area (Å²) in [6.45, 7) is 0. The van der Waals surface area contributed by atoms with Crippen molar-refractivity contribution in [2.75, 3.05) is 0 Å². The molecule has 1 aliphatic carbocycles. The molecule has 1 atom stereocenters. The average Bonchev–Trinajstić information content (AvgIpc) is 2.69. The average molecular weight is 237 g/mol. The molecule has 1 saturated carbocycles. The lowest BCUT2D eigenvalue weighted by atomic mass is 9.85. The van der Waals surface area contributed by atoms with Gasteiger partial charge in [-0.3, -0.25) is 16.0 Å². The number of hydrogen-bond donors (Lipinski definition) is 2. The van der Waals surface area contributed by atoms with Crippen molar-refractivity contribution in [1.82, 2.24) is 20.4 Å². The first-order chi connectivity index (χ1) is 8.33. The first kappa shape index (κ1) is 12.5. The van der Waals surface area contributed by atoms with Crippen LogP contribution in [0.15, 0.2) is 6.20 Å². The van der Waals surface area contributed by atoms with Crippen molar-refractivity contribution in [3.8, 4) is 0 Å². The molecule has 0 bridgehead atoms. The van der Waals surface area contributed by atoms with Crippen LogP contribution in [0.5, 0.6) is 0 Å². The van der Waals surface area contributed by atoms with Crippen LogP contribution in [0, 0.1) is 5.92 Å². The van der Waals surface area contributed by atoms with Gasteiger partial charge >= 0.3 is 0 Å². The Morgan fingerprint density at radius 3 is 2.47 bits per heavy atom. The summed E-state index contributed by atoms with van der Waals surface area (Å²) in [7, 11) is 1.93. The topological polar surface area (TPSA) is 68.8 Å². The van der Waals surface area contributed by atoms with Gasteiger partial charge in [0.25, 0.3) is 0 Å². The number of nitrogens with two attached hydrogens (primary N) is 1. The van der Waals surface area contributed by atoms with E-state index >= 15 is 0 Å². The van der Waals surface area contributed by atoms with Crippen LogP contribution in [-0.4, -0.2) is 15.0 Å². The molecule has 0 aliphatic heterocycles. The molecule has 1 heterocycles. The highest BCUT2D eigenvalue weighted by molar-refractivity contribution is 5.03. The second-order valence-corrected chi connectivity index (χ2v) is 5.03. The predicted octanol–water partition coefficient (Wildman–Crippen LogP) is 1.68. The summed E-state index contributed by atoms with van der Waals surface area (Å²) in [6.07, 6.45) is 11.1. The summed E-state index contributed by atoms with van der Waals surface area (Å²) in [5.74, 6) is 6.34. The first-order valence-electron chi connectivity index (χ1n) is 6.63. The van der Waals surface area contributed by atoms with E-state index in [0.29, 0.717) is 5.92 Å². The third-order valence-corrected chi connectivity index (χ3v) is 3.87. The van der Waals surface area contributed by atoms with E-state index in [1.165, 1.54) is 44.9 Å². The summed E-state index contributed by atoms with van der Waals surface area (Å²) >= 11 is 0. The van der Waals surface area contributed by atoms with E-state index in [1.807, 2.05) is 17.9 Å². The van der Waals surface area contributed by atoms with Crippen LogP contribution in [-0.2, 0) is 7.05 Å². The highest BCUT2D eigenvalue weighted by Gasteiger charge is 2.25. The Labute approximate surface area is 103 Å². The lowest BCUT2D eigenvalue weighted by Crippen LogP contribution is -2.35. The van der Waals surface area contributed by atoms with Gasteiger partial charge in [0.1, 0.15) is 0 Å². The standard InChI is InChI=1S/C12H23N5/c1-17-11(9-14-16-17)12(15-13)10-7-5-3-2-4-6-8-10/h9-10,12,15H,2-8,13H2,1H3. The zero-order valence-corrected chi connectivity index (χ0v) is 10.6. The Morgan fingerprint density at radius 2 is 1.94 bits per heavy atom. The lowest BCUT2D eigenvalue weighted by molar-refractivity contribution is 0.281. The number of hydrogen-bond acceptors (Lipinski definition) is 4. The normalized spacial score (nSPS) is 20.8. The van der Waals surface area contributed by atoms with Crippen molar-refractivity contribution < 1.29 is 0 Å². The van der Waals surface area contributed by atoms with Gasteiger partial charge in [-0.15, -0.1) is 5.10 Å². The Kier molecular flexibility index (Phi) is 4.50. The van der Waals surface area contributed by atoms with Crippen molar-refractivity contribution >= 4 is 0 Å². The van der Waals surface area contributed by atoms with E-state index in [0.717, 1.165) is 5.69 Å². The molecule has 1 aromatic rings. The summed E-state index contributed by atoms with van der Waals surface area (Å²) < 4.78 is 1.82. The van der Waals surface area contributed by atoms with Gasteiger partial charge in [-0.25, -0.2) is 0 Å². The van der Waals surface area contributed by atoms with E-state index in [9.17, 15) is 0 Å². The summed E-state index contributed by atoms with van der Waals surface area (Å²) in [6, 6.07) is 0.188. The van der Waals surface area contributed by atoms with Crippen LogP contribution in [0.2, 0.25) is 0 Å². The van der Waals surface area contributed by atoms with Gasteiger partial charge in [0, 0.05) is 7.05 Å². The Hall–Kier alpha value is -0.940. The molecule has 0 amide bonds. The van der Waals surface area contributed by atoms with Gasteiger partial charge in [0.2, 0.25) is 0 Å². The molecule has 0 saturated heterocycles. The fraction of sp³-hybridized carbons (Fsp3) is 0.833. The van der Waals surface area contributed by atoms with Gasteiger partial charge in [-0.05, 0) is 18.8 Å². The summed E-state index contributed by atoms with van der Waals surface area (Å²) in [4.78, 5) is 0. The molecule has 1 fully saturated rings. The monoisotopic (exact) mass is 237 g/mol. The van der Waals surface area contributed by atoms with Gasteiger partial charge < -0.3 is 0 Å². The minimum atomic E-state index is 0.188.